The van der Waals surface area contributed by atoms with E-state index in [0.29, 0.717) is 55.6 Å². The molecule has 0 N–H and O–H groups in total. The van der Waals surface area contributed by atoms with Gasteiger partial charge in [0.1, 0.15) is 11.5 Å². The van der Waals surface area contributed by atoms with Gasteiger partial charge in [-0.3, -0.25) is 4.79 Å². The van der Waals surface area contributed by atoms with Crippen LogP contribution in [0.3, 0.4) is 0 Å². The van der Waals surface area contributed by atoms with Gasteiger partial charge in [0.15, 0.2) is 0 Å². The summed E-state index contributed by atoms with van der Waals surface area (Å²) in [5.74, 6) is 1.79. The molecule has 0 aromatic heterocycles. The van der Waals surface area contributed by atoms with E-state index in [2.05, 4.69) is 13.8 Å². The average molecular weight is 461 g/mol. The zero-order chi connectivity index (χ0) is 23.3. The molecule has 1 aliphatic heterocycles. The van der Waals surface area contributed by atoms with Crippen LogP contribution in [0.5, 0.6) is 11.5 Å². The summed E-state index contributed by atoms with van der Waals surface area (Å²) in [4.78, 5) is 14.8. The predicted octanol–water partition coefficient (Wildman–Crippen LogP) is 3.29. The van der Waals surface area contributed by atoms with Crippen LogP contribution in [-0.2, 0) is 21.2 Å². The fourth-order valence-electron chi connectivity index (χ4n) is 3.83. The highest BCUT2D eigenvalue weighted by molar-refractivity contribution is 7.89. The van der Waals surface area contributed by atoms with Gasteiger partial charge in [0.2, 0.25) is 15.9 Å². The van der Waals surface area contributed by atoms with Crippen molar-refractivity contribution in [1.82, 2.24) is 9.21 Å². The van der Waals surface area contributed by atoms with Gasteiger partial charge < -0.3 is 14.4 Å². The number of ether oxygens (including phenoxy) is 2. The van der Waals surface area contributed by atoms with E-state index >= 15 is 0 Å². The Kier molecular flexibility index (Phi) is 7.79. The van der Waals surface area contributed by atoms with Crippen molar-refractivity contribution in [3.63, 3.8) is 0 Å². The minimum Gasteiger partial charge on any atom is -0.497 e. The average Bonchev–Trinajstić information content (AvgIpc) is 2.82. The van der Waals surface area contributed by atoms with Gasteiger partial charge in [0.25, 0.3) is 0 Å². The molecule has 0 unspecified atom stereocenters. The van der Waals surface area contributed by atoms with E-state index in [1.165, 1.54) is 4.31 Å². The first-order valence-electron chi connectivity index (χ1n) is 10.8. The van der Waals surface area contributed by atoms with Crippen LogP contribution in [0.25, 0.3) is 0 Å². The first-order valence-corrected chi connectivity index (χ1v) is 12.3. The van der Waals surface area contributed by atoms with Gasteiger partial charge >= 0.3 is 0 Å². The number of hydrogen-bond acceptors (Lipinski definition) is 5. The molecule has 174 valence electrons. The highest BCUT2D eigenvalue weighted by Gasteiger charge is 2.30. The van der Waals surface area contributed by atoms with E-state index in [9.17, 15) is 13.2 Å². The summed E-state index contributed by atoms with van der Waals surface area (Å²) in [5.41, 5.74) is 2.01. The molecule has 2 aromatic carbocycles. The number of piperazine rings is 1. The van der Waals surface area contributed by atoms with E-state index in [-0.39, 0.29) is 5.91 Å². The maximum Gasteiger partial charge on any atom is 0.243 e. The first-order chi connectivity index (χ1) is 15.3. The van der Waals surface area contributed by atoms with E-state index < -0.39 is 10.0 Å². The third kappa shape index (κ3) is 5.42. The van der Waals surface area contributed by atoms with Crippen molar-refractivity contribution in [3.8, 4) is 11.5 Å². The molecule has 1 saturated heterocycles. The van der Waals surface area contributed by atoms with Gasteiger partial charge in [0.05, 0.1) is 19.1 Å². The largest absolute Gasteiger partial charge is 0.497 e. The number of methoxy groups -OCH3 is 2. The third-order valence-electron chi connectivity index (χ3n) is 5.87. The topological polar surface area (TPSA) is 76.2 Å². The Morgan fingerprint density at radius 2 is 1.62 bits per heavy atom. The van der Waals surface area contributed by atoms with Crippen molar-refractivity contribution in [2.45, 2.75) is 37.5 Å². The van der Waals surface area contributed by atoms with E-state index in [1.54, 1.807) is 31.3 Å². The highest BCUT2D eigenvalue weighted by atomic mass is 32.2. The molecular weight excluding hydrogens is 428 g/mol. The zero-order valence-corrected chi connectivity index (χ0v) is 20.0. The van der Waals surface area contributed by atoms with Gasteiger partial charge in [-0.1, -0.05) is 26.0 Å². The van der Waals surface area contributed by atoms with Gasteiger partial charge in [0, 0.05) is 32.6 Å². The molecule has 0 spiro atoms. The van der Waals surface area contributed by atoms with Crippen molar-refractivity contribution >= 4 is 15.9 Å². The molecule has 1 fully saturated rings. The molecule has 0 bridgehead atoms. The minimum absolute atomic E-state index is 0.00760. The maximum atomic E-state index is 13.0. The lowest BCUT2D eigenvalue weighted by molar-refractivity contribution is -0.132. The van der Waals surface area contributed by atoms with Crippen LogP contribution in [-0.4, -0.2) is 63.9 Å². The van der Waals surface area contributed by atoms with Crippen molar-refractivity contribution in [2.75, 3.05) is 40.4 Å². The molecule has 8 heteroatoms. The fourth-order valence-corrected chi connectivity index (χ4v) is 5.25. The lowest BCUT2D eigenvalue weighted by Crippen LogP contribution is -2.50. The van der Waals surface area contributed by atoms with Crippen LogP contribution in [0.1, 0.15) is 37.3 Å². The number of aryl methyl sites for hydroxylation is 1. The first kappa shape index (κ1) is 24.1. The second-order valence-electron chi connectivity index (χ2n) is 8.19. The van der Waals surface area contributed by atoms with Crippen molar-refractivity contribution in [3.05, 3.63) is 53.6 Å². The number of carbonyl (C=O) groups excluding carboxylic acids is 1. The number of nitrogens with zero attached hydrogens (tertiary/aromatic N) is 2. The molecule has 2 aromatic rings. The fraction of sp³-hybridized carbons (Fsp3) is 0.458. The van der Waals surface area contributed by atoms with Crippen LogP contribution in [0.2, 0.25) is 0 Å². The molecule has 1 amide bonds. The number of sulfonamides is 1. The summed E-state index contributed by atoms with van der Waals surface area (Å²) in [7, 11) is -0.360. The molecule has 1 heterocycles. The van der Waals surface area contributed by atoms with Crippen LogP contribution in [0.4, 0.5) is 0 Å². The van der Waals surface area contributed by atoms with E-state index in [0.717, 1.165) is 16.9 Å². The molecule has 7 nitrogen and oxygen atoms in total. The quantitative estimate of drug-likeness (QED) is 0.604. The Morgan fingerprint density at radius 1 is 0.969 bits per heavy atom. The SMILES string of the molecule is COc1ccc(OC)c(CCC(=O)N2CCN(S(=O)(=O)c3ccc(C(C)C)cc3)CC2)c1. The Bertz CT molecular complexity index is 1030. The Hall–Kier alpha value is -2.58. The Morgan fingerprint density at radius 3 is 2.19 bits per heavy atom. The lowest BCUT2D eigenvalue weighted by atomic mass is 10.0. The zero-order valence-electron chi connectivity index (χ0n) is 19.2. The molecule has 3 rings (SSSR count). The van der Waals surface area contributed by atoms with Crippen LogP contribution >= 0.6 is 0 Å². The summed E-state index contributed by atoms with van der Waals surface area (Å²) in [6.45, 7) is 5.51. The lowest BCUT2D eigenvalue weighted by Gasteiger charge is -2.34. The van der Waals surface area contributed by atoms with Crippen LogP contribution < -0.4 is 9.47 Å². The van der Waals surface area contributed by atoms with Gasteiger partial charge in [-0.2, -0.15) is 4.31 Å². The van der Waals surface area contributed by atoms with Crippen LogP contribution in [0.15, 0.2) is 47.4 Å². The van der Waals surface area contributed by atoms with Crippen LogP contribution in [0, 0.1) is 0 Å². The van der Waals surface area contributed by atoms with Gasteiger partial charge in [-0.15, -0.1) is 0 Å². The Labute approximate surface area is 191 Å². The molecule has 0 radical (unpaired) electrons. The highest BCUT2D eigenvalue weighted by Crippen LogP contribution is 2.26. The van der Waals surface area contributed by atoms with Crippen molar-refractivity contribution in [1.29, 1.82) is 0 Å². The molecule has 32 heavy (non-hydrogen) atoms. The normalized spacial score (nSPS) is 15.1. The monoisotopic (exact) mass is 460 g/mol. The van der Waals surface area contributed by atoms with E-state index in [1.807, 2.05) is 30.3 Å². The van der Waals surface area contributed by atoms with Crippen molar-refractivity contribution < 1.29 is 22.7 Å². The number of rotatable bonds is 8. The summed E-state index contributed by atoms with van der Waals surface area (Å²) >= 11 is 0. The Balaban J connectivity index is 1.57. The number of amides is 1. The second kappa shape index (κ2) is 10.4. The summed E-state index contributed by atoms with van der Waals surface area (Å²) in [6.07, 6.45) is 0.854. The van der Waals surface area contributed by atoms with Gasteiger partial charge in [-0.05, 0) is 53.8 Å². The van der Waals surface area contributed by atoms with E-state index in [4.69, 9.17) is 9.47 Å². The summed E-state index contributed by atoms with van der Waals surface area (Å²) in [6, 6.07) is 12.6. The smallest absolute Gasteiger partial charge is 0.243 e. The summed E-state index contributed by atoms with van der Waals surface area (Å²) in [5, 5.41) is 0. The minimum atomic E-state index is -3.56. The molecule has 0 aliphatic carbocycles. The standard InChI is InChI=1S/C24H32N2O5S/c1-18(2)19-5-9-22(10-6-19)32(28,29)26-15-13-25(14-16-26)24(27)12-7-20-17-21(30-3)8-11-23(20)31-4/h5-6,8-11,17-18H,7,12-16H2,1-4H3. The van der Waals surface area contributed by atoms with Gasteiger partial charge in [-0.25, -0.2) is 8.42 Å². The van der Waals surface area contributed by atoms with Crippen molar-refractivity contribution in [2.24, 2.45) is 0 Å². The molecule has 0 atom stereocenters. The molecular formula is C24H32N2O5S. The predicted molar refractivity (Wildman–Crippen MR) is 124 cm³/mol. The number of hydrogen-bond donors (Lipinski definition) is 0. The molecule has 1 aliphatic rings. The number of benzene rings is 2. The second-order valence-corrected chi connectivity index (χ2v) is 10.1. The number of carbonyl (C=O) groups is 1. The summed E-state index contributed by atoms with van der Waals surface area (Å²) < 4.78 is 38.1. The molecule has 0 saturated carbocycles. The third-order valence-corrected chi connectivity index (χ3v) is 7.78. The maximum absolute atomic E-state index is 13.0.